The lowest BCUT2D eigenvalue weighted by atomic mass is 9.87. The number of imidazole rings is 1. The second-order valence-electron chi connectivity index (χ2n) is 10.1. The number of pyridine rings is 2. The predicted octanol–water partition coefficient (Wildman–Crippen LogP) is 2.88. The van der Waals surface area contributed by atoms with Crippen molar-refractivity contribution in [2.75, 3.05) is 7.11 Å². The maximum Gasteiger partial charge on any atom is 0.269 e. The van der Waals surface area contributed by atoms with Crippen LogP contribution < -0.4 is 22.6 Å². The molecule has 4 aromatic heterocycles. The topological polar surface area (TPSA) is 92.4 Å². The van der Waals surface area contributed by atoms with Gasteiger partial charge in [0.05, 0.1) is 23.0 Å². The highest BCUT2D eigenvalue weighted by Gasteiger charge is 2.38. The second-order valence-corrected chi connectivity index (χ2v) is 12.5. The molecule has 0 radical (unpaired) electrons. The first-order valence-electron chi connectivity index (χ1n) is 12.8. The van der Waals surface area contributed by atoms with Crippen molar-refractivity contribution in [3.8, 4) is 11.5 Å². The number of fused-ring (bicyclic) bond motifs is 2. The minimum atomic E-state index is -0.271. The van der Waals surface area contributed by atoms with Gasteiger partial charge in [0.15, 0.2) is 11.5 Å². The lowest BCUT2D eigenvalue weighted by molar-refractivity contribution is -0.465. The molecule has 7 nitrogen and oxygen atoms in total. The minimum absolute atomic E-state index is 0.271. The molecule has 4 heterocycles. The average molecular weight is 610 g/mol. The Morgan fingerprint density at radius 3 is 2.78 bits per heavy atom. The smallest absolute Gasteiger partial charge is 0.269 e. The van der Waals surface area contributed by atoms with Crippen LogP contribution in [0.4, 0.5) is 0 Å². The number of aromatic nitrogens is 6. The van der Waals surface area contributed by atoms with Gasteiger partial charge in [-0.1, -0.05) is 38.8 Å². The van der Waals surface area contributed by atoms with Crippen molar-refractivity contribution in [3.63, 3.8) is 0 Å². The molecule has 0 aliphatic rings. The number of rotatable bonds is 9. The highest BCUT2D eigenvalue weighted by Crippen LogP contribution is 2.32. The molecule has 0 aliphatic heterocycles. The number of H-pyrrole nitrogens is 2. The Bertz CT molecular complexity index is 1550. The number of ether oxygens (including phenoxy) is 1. The molecule has 2 N–H and O–H groups in total. The third-order valence-corrected chi connectivity index (χ3v) is 8.58. The van der Waals surface area contributed by atoms with E-state index in [9.17, 15) is 0 Å². The van der Waals surface area contributed by atoms with Gasteiger partial charge in [0.2, 0.25) is 3.42 Å². The lowest BCUT2D eigenvalue weighted by Gasteiger charge is -2.21. The third-order valence-electron chi connectivity index (χ3n) is 7.28. The maximum atomic E-state index is 5.36. The summed E-state index contributed by atoms with van der Waals surface area (Å²) in [6, 6.07) is 8.27. The number of nitrogens with zero attached hydrogens (tertiary/aromatic N) is 4. The van der Waals surface area contributed by atoms with E-state index >= 15 is 0 Å². The van der Waals surface area contributed by atoms with E-state index in [-0.39, 0.29) is 3.42 Å². The first-order chi connectivity index (χ1) is 17.8. The summed E-state index contributed by atoms with van der Waals surface area (Å²) in [6.07, 6.45) is 9.48. The van der Waals surface area contributed by atoms with Gasteiger partial charge in [0.1, 0.15) is 5.69 Å². The van der Waals surface area contributed by atoms with Crippen molar-refractivity contribution in [3.05, 3.63) is 70.7 Å². The zero-order chi connectivity index (χ0) is 26.2. The number of para-hydroxylation sites is 1. The molecule has 0 spiro atoms. The number of hydrogen-bond donors (Lipinski definition) is 2. The minimum Gasteiger partial charge on any atom is -0.380 e. The Balaban J connectivity index is 1.55. The van der Waals surface area contributed by atoms with Gasteiger partial charge in [-0.3, -0.25) is 10.1 Å². The number of benzene rings is 1. The molecule has 0 saturated carbocycles. The van der Waals surface area contributed by atoms with Crippen molar-refractivity contribution in [2.24, 2.45) is 5.92 Å². The van der Waals surface area contributed by atoms with E-state index < -0.39 is 0 Å². The van der Waals surface area contributed by atoms with Crippen LogP contribution in [-0.4, -0.2) is 37.2 Å². The summed E-state index contributed by atoms with van der Waals surface area (Å²) in [5.41, 5.74) is 9.42. The SMILES string of the molecule is CCCC(C)Cc1cncc([C@@](C)([IH+])c2cnc3n[nH]c(-c4nc5c(COC)cccc5[nH]4)c3c2)c1C. The van der Waals surface area contributed by atoms with Crippen LogP contribution in [0.3, 0.4) is 0 Å². The number of hydrogen-bond acceptors (Lipinski definition) is 5. The van der Waals surface area contributed by atoms with E-state index in [2.05, 4.69) is 76.5 Å². The van der Waals surface area contributed by atoms with Crippen molar-refractivity contribution in [1.82, 2.24) is 30.1 Å². The monoisotopic (exact) mass is 609 g/mol. The predicted molar refractivity (Wildman–Crippen MR) is 144 cm³/mol. The molecular formula is C29H34IN6O+. The molecule has 5 rings (SSSR count). The largest absolute Gasteiger partial charge is 0.380 e. The second kappa shape index (κ2) is 10.5. The Morgan fingerprint density at radius 2 is 2.00 bits per heavy atom. The summed E-state index contributed by atoms with van der Waals surface area (Å²) in [5.74, 6) is 1.38. The molecule has 1 unspecified atom stereocenters. The summed E-state index contributed by atoms with van der Waals surface area (Å²) in [5, 5.41) is 8.58. The summed E-state index contributed by atoms with van der Waals surface area (Å²) in [7, 11) is 1.70. The number of alkyl halides is 1. The van der Waals surface area contributed by atoms with Crippen molar-refractivity contribution in [1.29, 1.82) is 0 Å². The summed E-state index contributed by atoms with van der Waals surface area (Å²) >= 11 is 2.15. The first kappa shape index (κ1) is 25.8. The van der Waals surface area contributed by atoms with Crippen molar-refractivity contribution >= 4 is 22.1 Å². The molecule has 0 fully saturated rings. The van der Waals surface area contributed by atoms with Crippen LogP contribution in [0.15, 0.2) is 42.9 Å². The van der Waals surface area contributed by atoms with Gasteiger partial charge in [0, 0.05) is 42.4 Å². The molecule has 8 heteroatoms. The summed E-state index contributed by atoms with van der Waals surface area (Å²) in [6.45, 7) is 9.57. The van der Waals surface area contributed by atoms with E-state index in [4.69, 9.17) is 14.7 Å². The van der Waals surface area contributed by atoms with Crippen LogP contribution >= 0.6 is 0 Å². The van der Waals surface area contributed by atoms with Crippen LogP contribution in [0.2, 0.25) is 0 Å². The van der Waals surface area contributed by atoms with Crippen molar-refractivity contribution in [2.45, 2.75) is 57.0 Å². The molecular weight excluding hydrogens is 575 g/mol. The lowest BCUT2D eigenvalue weighted by Crippen LogP contribution is -3.41. The fraction of sp³-hybridized carbons (Fsp3) is 0.379. The Kier molecular flexibility index (Phi) is 7.31. The fourth-order valence-electron chi connectivity index (χ4n) is 5.20. The Labute approximate surface area is 231 Å². The number of nitrogens with one attached hydrogen (secondary N) is 2. The molecule has 0 saturated heterocycles. The molecule has 5 aromatic rings. The molecule has 37 heavy (non-hydrogen) atoms. The molecule has 2 atom stereocenters. The van der Waals surface area contributed by atoms with E-state index in [1.165, 1.54) is 29.5 Å². The number of halogens is 1. The van der Waals surface area contributed by atoms with Gasteiger partial charge in [-0.15, -0.1) is 0 Å². The molecule has 0 aliphatic carbocycles. The van der Waals surface area contributed by atoms with Crippen LogP contribution in [0.1, 0.15) is 61.4 Å². The van der Waals surface area contributed by atoms with Crippen LogP contribution in [0.5, 0.6) is 0 Å². The van der Waals surface area contributed by atoms with Crippen molar-refractivity contribution < 1.29 is 27.3 Å². The third kappa shape index (κ3) is 4.88. The average Bonchev–Trinajstić information content (AvgIpc) is 3.50. The van der Waals surface area contributed by atoms with Crippen LogP contribution in [-0.2, 0) is 21.2 Å². The van der Waals surface area contributed by atoms with E-state index in [0.717, 1.165) is 45.5 Å². The molecule has 1 aromatic carbocycles. The highest BCUT2D eigenvalue weighted by molar-refractivity contribution is 5.92. The number of aromatic amines is 2. The van der Waals surface area contributed by atoms with Crippen LogP contribution in [0.25, 0.3) is 33.6 Å². The zero-order valence-corrected chi connectivity index (χ0v) is 24.4. The maximum absolute atomic E-state index is 5.36. The van der Waals surface area contributed by atoms with E-state index in [1.54, 1.807) is 7.11 Å². The Hall–Kier alpha value is -2.85. The van der Waals surface area contributed by atoms with Gasteiger partial charge in [-0.05, 0) is 49.4 Å². The summed E-state index contributed by atoms with van der Waals surface area (Å²) in [4.78, 5) is 17.7. The van der Waals surface area contributed by atoms with Gasteiger partial charge >= 0.3 is 0 Å². The molecule has 192 valence electrons. The van der Waals surface area contributed by atoms with E-state index in [0.29, 0.717) is 18.2 Å². The normalized spacial score (nSPS) is 14.3. The fourth-order valence-corrected chi connectivity index (χ4v) is 6.11. The number of methoxy groups -OCH3 is 1. The quantitative estimate of drug-likeness (QED) is 0.198. The van der Waals surface area contributed by atoms with Crippen LogP contribution in [0, 0.1) is 12.8 Å². The highest BCUT2D eigenvalue weighted by atomic mass is 127. The van der Waals surface area contributed by atoms with Gasteiger partial charge in [-0.25, -0.2) is 9.97 Å². The zero-order valence-electron chi connectivity index (χ0n) is 22.1. The van der Waals surface area contributed by atoms with E-state index in [1.807, 2.05) is 36.8 Å². The standard InChI is InChI=1S/C29H34IN6O/c1-6-8-17(2)11-20-13-31-15-23(18(20)3)29(4,30)21-12-22-26(35-36-27(22)32-14-21)28-33-24-10-7-9-19(16-37-5)25(24)34-28/h7,9-10,12-15,17,30H,6,8,11,16H2,1-5H3,(H,33,34)(H,32,35,36)/q+1/t17?,29-/m0/s1. The first-order valence-corrected chi connectivity index (χ1v) is 14.0. The van der Waals surface area contributed by atoms with Gasteiger partial charge in [0.25, 0.3) is 22.6 Å². The molecule has 0 amide bonds. The molecule has 0 bridgehead atoms. The van der Waals surface area contributed by atoms with Gasteiger partial charge < -0.3 is 9.72 Å². The Morgan fingerprint density at radius 1 is 1.16 bits per heavy atom. The van der Waals surface area contributed by atoms with Gasteiger partial charge in [-0.2, -0.15) is 5.10 Å². The summed E-state index contributed by atoms with van der Waals surface area (Å²) < 4.78 is 5.09.